The molecule has 80 valence electrons. The Bertz CT molecular complexity index is 708. The number of benzene rings is 2. The Hall–Kier alpha value is -1.36. The van der Waals surface area contributed by atoms with Crippen LogP contribution in [0.1, 0.15) is 0 Å². The van der Waals surface area contributed by atoms with Crippen molar-refractivity contribution in [2.75, 3.05) is 0 Å². The third kappa shape index (κ3) is 2.20. The molecule has 1 N–H and O–H groups in total. The van der Waals surface area contributed by atoms with E-state index in [4.69, 9.17) is 4.42 Å². The average Bonchev–Trinajstić information content (AvgIpc) is 2.26. The van der Waals surface area contributed by atoms with Gasteiger partial charge in [-0.1, -0.05) is 0 Å². The van der Waals surface area contributed by atoms with E-state index in [1.54, 1.807) is 18.2 Å². The number of hydrogen-bond acceptors (Lipinski definition) is 4. The maximum atomic E-state index is 11.1. The van der Waals surface area contributed by atoms with Crippen LogP contribution in [0.25, 0.3) is 22.6 Å². The quantitative estimate of drug-likeness (QED) is 0.473. The van der Waals surface area contributed by atoms with Crippen LogP contribution < -0.4 is 5.43 Å². The van der Waals surface area contributed by atoms with Gasteiger partial charge in [-0.05, 0) is 24.3 Å². The predicted molar refractivity (Wildman–Crippen MR) is 65.7 cm³/mol. The molecule has 0 radical (unpaired) electrons. The molecule has 1 aromatic carbocycles. The van der Waals surface area contributed by atoms with E-state index in [1.807, 2.05) is 0 Å². The van der Waals surface area contributed by atoms with Crippen molar-refractivity contribution in [2.24, 2.45) is 0 Å². The summed E-state index contributed by atoms with van der Waals surface area (Å²) in [6.07, 6.45) is 0. The van der Waals surface area contributed by atoms with E-state index >= 15 is 0 Å². The Morgan fingerprint density at radius 1 is 1.12 bits per heavy atom. The second kappa shape index (κ2) is 4.49. The normalized spacial score (nSPS) is 10.4. The third-order valence-corrected chi connectivity index (χ3v) is 2.34. The molecule has 0 saturated carbocycles. The van der Waals surface area contributed by atoms with Gasteiger partial charge in [0.05, 0.1) is 0 Å². The maximum absolute atomic E-state index is 11.1. The van der Waals surface area contributed by atoms with Gasteiger partial charge in [-0.25, -0.2) is 4.98 Å². The number of phenols is 1. The topological polar surface area (TPSA) is 63.3 Å². The van der Waals surface area contributed by atoms with Gasteiger partial charge in [0.15, 0.2) is 16.8 Å². The molecule has 4 nitrogen and oxygen atoms in total. The summed E-state index contributed by atoms with van der Waals surface area (Å²) < 4.78 is 5.49. The Balaban J connectivity index is 0.00000108. The monoisotopic (exact) mass is 237 g/mol. The summed E-state index contributed by atoms with van der Waals surface area (Å²) in [4.78, 5) is 15.5. The van der Waals surface area contributed by atoms with Crippen molar-refractivity contribution in [3.05, 3.63) is 46.6 Å². The summed E-state index contributed by atoms with van der Waals surface area (Å²) in [5.74, 6) is 0.529. The SMILES string of the molecule is O=c1ccc2nc3ccc(O)cc3oc-2c1.[NaH]. The molecule has 0 saturated heterocycles. The van der Waals surface area contributed by atoms with E-state index in [1.165, 1.54) is 18.2 Å². The van der Waals surface area contributed by atoms with Crippen LogP contribution in [-0.4, -0.2) is 39.6 Å². The number of rotatable bonds is 0. The summed E-state index contributed by atoms with van der Waals surface area (Å²) in [5.41, 5.74) is 1.59. The van der Waals surface area contributed by atoms with Gasteiger partial charge in [0.2, 0.25) is 0 Å². The van der Waals surface area contributed by atoms with Crippen molar-refractivity contribution in [2.45, 2.75) is 0 Å². The van der Waals surface area contributed by atoms with E-state index in [9.17, 15) is 9.90 Å². The van der Waals surface area contributed by atoms with Crippen LogP contribution in [0.4, 0.5) is 0 Å². The minimum atomic E-state index is -0.127. The molecule has 0 bridgehead atoms. The van der Waals surface area contributed by atoms with Gasteiger partial charge in [-0.2, -0.15) is 0 Å². The van der Waals surface area contributed by atoms with Crippen LogP contribution in [-0.2, 0) is 0 Å². The zero-order valence-electron chi connectivity index (χ0n) is 8.18. The molecular weight excluding hydrogens is 229 g/mol. The van der Waals surface area contributed by atoms with Crippen LogP contribution >= 0.6 is 0 Å². The molecule has 1 heterocycles. The van der Waals surface area contributed by atoms with Crippen LogP contribution in [0.5, 0.6) is 5.75 Å². The summed E-state index contributed by atoms with van der Waals surface area (Å²) in [5, 5.41) is 9.31. The number of fused-ring (bicyclic) bond motifs is 2. The second-order valence-electron chi connectivity index (χ2n) is 3.50. The first-order valence-electron chi connectivity index (χ1n) is 4.76. The molecule has 1 aliphatic carbocycles. The Morgan fingerprint density at radius 3 is 2.76 bits per heavy atom. The molecule has 1 aromatic rings. The first-order valence-corrected chi connectivity index (χ1v) is 4.76. The number of aromatic hydroxyl groups is 1. The third-order valence-electron chi connectivity index (χ3n) is 2.34. The zero-order chi connectivity index (χ0) is 11.1. The van der Waals surface area contributed by atoms with E-state index in [-0.39, 0.29) is 40.7 Å². The first-order chi connectivity index (χ1) is 7.72. The molecule has 0 unspecified atom stereocenters. The summed E-state index contributed by atoms with van der Waals surface area (Å²) >= 11 is 0. The van der Waals surface area contributed by atoms with Crippen molar-refractivity contribution in [1.82, 2.24) is 4.98 Å². The van der Waals surface area contributed by atoms with Gasteiger partial charge >= 0.3 is 29.6 Å². The summed E-state index contributed by atoms with van der Waals surface area (Å²) in [6, 6.07) is 9.12. The predicted octanol–water partition coefficient (Wildman–Crippen LogP) is 1.35. The van der Waals surface area contributed by atoms with Gasteiger partial charge in [0.25, 0.3) is 0 Å². The molecule has 0 amide bonds. The van der Waals surface area contributed by atoms with Crippen molar-refractivity contribution >= 4 is 40.7 Å². The Labute approximate surface area is 119 Å². The van der Waals surface area contributed by atoms with E-state index in [0.29, 0.717) is 22.6 Å². The van der Waals surface area contributed by atoms with E-state index < -0.39 is 0 Å². The average molecular weight is 237 g/mol. The molecule has 5 heteroatoms. The number of aromatic nitrogens is 1. The minimum absolute atomic E-state index is 0. The standard InChI is InChI=1S/C12H7NO3.Na.H/c14-7-1-3-9-11(5-7)16-12-6-8(15)2-4-10(12)13-9;;/h1-6,14H;;. The molecule has 1 aliphatic heterocycles. The van der Waals surface area contributed by atoms with Crippen molar-refractivity contribution < 1.29 is 9.52 Å². The Morgan fingerprint density at radius 2 is 1.94 bits per heavy atom. The van der Waals surface area contributed by atoms with Crippen molar-refractivity contribution in [3.8, 4) is 17.2 Å². The fraction of sp³-hybridized carbons (Fsp3) is 0. The molecule has 0 spiro atoms. The Kier molecular flexibility index (Phi) is 3.19. The van der Waals surface area contributed by atoms with Crippen LogP contribution in [0.2, 0.25) is 0 Å². The van der Waals surface area contributed by atoms with Crippen molar-refractivity contribution in [3.63, 3.8) is 0 Å². The molecule has 0 fully saturated rings. The van der Waals surface area contributed by atoms with E-state index in [0.717, 1.165) is 0 Å². The molecule has 0 aromatic heterocycles. The van der Waals surface area contributed by atoms with Crippen LogP contribution in [0, 0.1) is 0 Å². The van der Waals surface area contributed by atoms with Crippen molar-refractivity contribution in [1.29, 1.82) is 0 Å². The second-order valence-corrected chi connectivity index (χ2v) is 3.50. The van der Waals surface area contributed by atoms with Gasteiger partial charge in [0.1, 0.15) is 17.0 Å². The van der Waals surface area contributed by atoms with Gasteiger partial charge < -0.3 is 9.52 Å². The summed E-state index contributed by atoms with van der Waals surface area (Å²) in [6.45, 7) is 0. The fourth-order valence-corrected chi connectivity index (χ4v) is 1.59. The van der Waals surface area contributed by atoms with Gasteiger partial charge in [0, 0.05) is 12.1 Å². The van der Waals surface area contributed by atoms with Crippen LogP contribution in [0.15, 0.2) is 45.6 Å². The number of phenolic OH excluding ortho intramolecular Hbond substituents is 1. The summed E-state index contributed by atoms with van der Waals surface area (Å²) in [7, 11) is 0. The molecule has 2 aliphatic rings. The molecular formula is C12H8NNaO3. The van der Waals surface area contributed by atoms with Crippen LogP contribution in [0.3, 0.4) is 0 Å². The first kappa shape index (κ1) is 12.1. The fourth-order valence-electron chi connectivity index (χ4n) is 1.59. The number of hydrogen-bond donors (Lipinski definition) is 1. The molecule has 3 rings (SSSR count). The van der Waals surface area contributed by atoms with Gasteiger partial charge in [-0.3, -0.25) is 4.79 Å². The van der Waals surface area contributed by atoms with Gasteiger partial charge in [-0.15, -0.1) is 0 Å². The number of nitrogens with zero attached hydrogens (tertiary/aromatic N) is 1. The van der Waals surface area contributed by atoms with E-state index in [2.05, 4.69) is 4.98 Å². The molecule has 17 heavy (non-hydrogen) atoms. The molecule has 0 atom stereocenters. The zero-order valence-corrected chi connectivity index (χ0v) is 8.18.